The highest BCUT2D eigenvalue weighted by atomic mass is 19.1. The van der Waals surface area contributed by atoms with E-state index in [2.05, 4.69) is 4.90 Å². The fourth-order valence-electron chi connectivity index (χ4n) is 3.58. The molecule has 22 heavy (non-hydrogen) atoms. The van der Waals surface area contributed by atoms with E-state index >= 15 is 0 Å². The summed E-state index contributed by atoms with van der Waals surface area (Å²) in [5, 5.41) is 0. The minimum Gasteiger partial charge on any atom is -0.398 e. The van der Waals surface area contributed by atoms with Crippen LogP contribution in [0.1, 0.15) is 59.8 Å². The molecule has 3 nitrogen and oxygen atoms in total. The van der Waals surface area contributed by atoms with Crippen LogP contribution in [-0.4, -0.2) is 42.9 Å². The van der Waals surface area contributed by atoms with Gasteiger partial charge in [-0.3, -0.25) is 0 Å². The zero-order valence-electron chi connectivity index (χ0n) is 14.5. The van der Waals surface area contributed by atoms with E-state index in [1.165, 1.54) is 32.4 Å². The van der Waals surface area contributed by atoms with Crippen molar-refractivity contribution < 1.29 is 13.7 Å². The molecule has 0 aromatic rings. The summed E-state index contributed by atoms with van der Waals surface area (Å²) in [7, 11) is -0.809. The molecule has 3 fully saturated rings. The van der Waals surface area contributed by atoms with Gasteiger partial charge in [0.05, 0.1) is 11.2 Å². The van der Waals surface area contributed by atoms with Crippen LogP contribution < -0.4 is 0 Å². The Morgan fingerprint density at radius 1 is 1.09 bits per heavy atom. The van der Waals surface area contributed by atoms with Crippen molar-refractivity contribution in [2.75, 3.05) is 19.6 Å². The van der Waals surface area contributed by atoms with Gasteiger partial charge in [-0.2, -0.15) is 0 Å². The van der Waals surface area contributed by atoms with Crippen LogP contribution >= 0.6 is 0 Å². The van der Waals surface area contributed by atoms with Gasteiger partial charge in [0.1, 0.15) is 5.73 Å². The van der Waals surface area contributed by atoms with E-state index < -0.39 is 18.3 Å². The lowest BCUT2D eigenvalue weighted by Crippen LogP contribution is -2.41. The molecule has 0 amide bonds. The molecule has 0 N–H and O–H groups in total. The van der Waals surface area contributed by atoms with E-state index in [0.29, 0.717) is 5.92 Å². The van der Waals surface area contributed by atoms with Crippen molar-refractivity contribution >= 4 is 7.12 Å². The first-order valence-corrected chi connectivity index (χ1v) is 8.74. The zero-order valence-corrected chi connectivity index (χ0v) is 14.5. The quantitative estimate of drug-likeness (QED) is 0.741. The Bertz CT molecular complexity index is 434. The monoisotopic (exact) mass is 309 g/mol. The molecule has 0 bridgehead atoms. The highest BCUT2D eigenvalue weighted by Crippen LogP contribution is 2.43. The molecular formula is C17H29BFNO2. The lowest BCUT2D eigenvalue weighted by Gasteiger charge is -2.36. The number of allylic oxidation sites excluding steroid dienone is 1. The second-order valence-electron chi connectivity index (χ2n) is 8.18. The van der Waals surface area contributed by atoms with Gasteiger partial charge in [-0.05, 0) is 78.0 Å². The molecule has 0 unspecified atom stereocenters. The molecule has 5 heteroatoms. The van der Waals surface area contributed by atoms with Crippen molar-refractivity contribution in [3.63, 3.8) is 0 Å². The third-order valence-electron chi connectivity index (χ3n) is 5.83. The number of likely N-dealkylation sites (tertiary alicyclic amines) is 1. The Kier molecular flexibility index (Phi) is 4.43. The molecule has 3 aliphatic rings. The summed E-state index contributed by atoms with van der Waals surface area (Å²) < 4.78 is 26.2. The van der Waals surface area contributed by atoms with Crippen molar-refractivity contribution in [3.8, 4) is 0 Å². The van der Waals surface area contributed by atoms with Crippen molar-refractivity contribution in [1.29, 1.82) is 0 Å². The second-order valence-corrected chi connectivity index (χ2v) is 8.18. The fourth-order valence-corrected chi connectivity index (χ4v) is 3.58. The molecule has 1 aliphatic carbocycles. The highest BCUT2D eigenvalue weighted by molar-refractivity contribution is 6.53. The molecule has 124 valence electrons. The Labute approximate surface area is 134 Å². The van der Waals surface area contributed by atoms with E-state index in [9.17, 15) is 4.39 Å². The van der Waals surface area contributed by atoms with Gasteiger partial charge in [0.2, 0.25) is 0 Å². The number of halogens is 1. The minimum absolute atomic E-state index is 0.173. The third kappa shape index (κ3) is 3.13. The van der Waals surface area contributed by atoms with Crippen LogP contribution in [0.5, 0.6) is 0 Å². The maximum absolute atomic E-state index is 14.6. The first-order chi connectivity index (χ1) is 10.3. The molecule has 3 rings (SSSR count). The van der Waals surface area contributed by atoms with E-state index in [1.54, 1.807) is 0 Å². The molecule has 0 aromatic heterocycles. The highest BCUT2D eigenvalue weighted by Gasteiger charge is 2.54. The van der Waals surface area contributed by atoms with Crippen molar-refractivity contribution in [2.45, 2.75) is 71.0 Å². The summed E-state index contributed by atoms with van der Waals surface area (Å²) >= 11 is 0. The van der Waals surface area contributed by atoms with E-state index in [-0.39, 0.29) is 5.73 Å². The topological polar surface area (TPSA) is 21.7 Å². The average molecular weight is 309 g/mol. The molecule has 0 atom stereocenters. The molecule has 2 aliphatic heterocycles. The van der Waals surface area contributed by atoms with Crippen LogP contribution in [-0.2, 0) is 9.31 Å². The Morgan fingerprint density at radius 3 is 2.18 bits per heavy atom. The van der Waals surface area contributed by atoms with Gasteiger partial charge in [0.15, 0.2) is 0 Å². The van der Waals surface area contributed by atoms with Gasteiger partial charge in [0.25, 0.3) is 0 Å². The van der Waals surface area contributed by atoms with Crippen molar-refractivity contribution in [2.24, 2.45) is 5.92 Å². The Hall–Kier alpha value is -0.385. The molecule has 0 radical (unpaired) electrons. The first-order valence-electron chi connectivity index (χ1n) is 8.74. The van der Waals surface area contributed by atoms with Crippen LogP contribution in [0.3, 0.4) is 0 Å². The second kappa shape index (κ2) is 5.92. The number of hydrogen-bond acceptors (Lipinski definition) is 3. The van der Waals surface area contributed by atoms with E-state index in [0.717, 1.165) is 25.0 Å². The van der Waals surface area contributed by atoms with Crippen LogP contribution in [0.2, 0.25) is 0 Å². The number of hydrogen-bond donors (Lipinski definition) is 0. The van der Waals surface area contributed by atoms with E-state index in [4.69, 9.17) is 9.31 Å². The number of piperidine rings is 1. The van der Waals surface area contributed by atoms with Crippen LogP contribution in [0.4, 0.5) is 4.39 Å². The predicted octanol–water partition coefficient (Wildman–Crippen LogP) is 3.74. The fraction of sp³-hybridized carbons (Fsp3) is 0.882. The predicted molar refractivity (Wildman–Crippen MR) is 87.2 cm³/mol. The van der Waals surface area contributed by atoms with Crippen molar-refractivity contribution in [1.82, 2.24) is 4.90 Å². The first kappa shape index (κ1) is 16.5. The Morgan fingerprint density at radius 2 is 1.64 bits per heavy atom. The molecule has 1 saturated carbocycles. The summed E-state index contributed by atoms with van der Waals surface area (Å²) in [5.41, 5.74) is -0.201. The van der Waals surface area contributed by atoms with Gasteiger partial charge in [-0.25, -0.2) is 4.39 Å². The number of rotatable bonds is 3. The SMILES string of the molecule is CC1(C)OB(C(F)=C2CC(CN3CCCCC3)C2)OC1(C)C. The largest absolute Gasteiger partial charge is 0.525 e. The van der Waals surface area contributed by atoms with Crippen LogP contribution in [0, 0.1) is 5.92 Å². The maximum atomic E-state index is 14.6. The van der Waals surface area contributed by atoms with Crippen molar-refractivity contribution in [3.05, 3.63) is 11.3 Å². The lowest BCUT2D eigenvalue weighted by molar-refractivity contribution is 0.00578. The average Bonchev–Trinajstić information content (AvgIpc) is 2.63. The summed E-state index contributed by atoms with van der Waals surface area (Å²) in [4.78, 5) is 2.54. The minimum atomic E-state index is -0.809. The van der Waals surface area contributed by atoms with Crippen LogP contribution in [0.25, 0.3) is 0 Å². The molecule has 0 aromatic carbocycles. The number of nitrogens with zero attached hydrogens (tertiary/aromatic N) is 1. The normalized spacial score (nSPS) is 31.2. The summed E-state index contributed by atoms with van der Waals surface area (Å²) in [6.45, 7) is 11.4. The van der Waals surface area contributed by atoms with Crippen LogP contribution in [0.15, 0.2) is 11.3 Å². The van der Waals surface area contributed by atoms with E-state index in [1.807, 2.05) is 27.7 Å². The van der Waals surface area contributed by atoms with Gasteiger partial charge >= 0.3 is 7.12 Å². The summed E-state index contributed by atoms with van der Waals surface area (Å²) in [6, 6.07) is 0. The standard InChI is InChI=1S/C17H29BFNO2/c1-16(2)17(3,4)22-18(21-16)15(19)14-10-13(11-14)12-20-8-6-5-7-9-20/h13H,5-12H2,1-4H3. The zero-order chi connectivity index (χ0) is 16.0. The third-order valence-corrected chi connectivity index (χ3v) is 5.83. The van der Waals surface area contributed by atoms with Gasteiger partial charge in [-0.1, -0.05) is 6.42 Å². The lowest BCUT2D eigenvalue weighted by atomic mass is 9.72. The molecule has 2 saturated heterocycles. The smallest absolute Gasteiger partial charge is 0.398 e. The Balaban J connectivity index is 1.53. The molecule has 2 heterocycles. The summed E-state index contributed by atoms with van der Waals surface area (Å²) in [5.74, 6) is 0.612. The molecular weight excluding hydrogens is 280 g/mol. The van der Waals surface area contributed by atoms with Gasteiger partial charge in [0, 0.05) is 6.54 Å². The van der Waals surface area contributed by atoms with Gasteiger partial charge in [-0.15, -0.1) is 0 Å². The summed E-state index contributed by atoms with van der Waals surface area (Å²) in [6.07, 6.45) is 5.73. The molecule has 0 spiro atoms. The van der Waals surface area contributed by atoms with Gasteiger partial charge < -0.3 is 14.2 Å². The maximum Gasteiger partial charge on any atom is 0.525 e.